The van der Waals surface area contributed by atoms with Crippen molar-refractivity contribution >= 4 is 11.6 Å². The zero-order chi connectivity index (χ0) is 14.8. The second-order valence-electron chi connectivity index (χ2n) is 5.26. The lowest BCUT2D eigenvalue weighted by Crippen LogP contribution is -2.00. The van der Waals surface area contributed by atoms with E-state index in [0.29, 0.717) is 23.6 Å². The summed E-state index contributed by atoms with van der Waals surface area (Å²) in [5.41, 5.74) is 1.81. The fourth-order valence-corrected chi connectivity index (χ4v) is 2.25. The second kappa shape index (κ2) is 6.00. The van der Waals surface area contributed by atoms with Crippen molar-refractivity contribution in [2.24, 2.45) is 0 Å². The molecule has 0 unspecified atom stereocenters. The molecule has 4 nitrogen and oxygen atoms in total. The molecule has 1 fully saturated rings. The molecule has 0 amide bonds. The van der Waals surface area contributed by atoms with Crippen molar-refractivity contribution < 1.29 is 9.47 Å². The van der Waals surface area contributed by atoms with E-state index in [1.807, 2.05) is 31.2 Å². The molecule has 1 aliphatic carbocycles. The Morgan fingerprint density at radius 1 is 1.29 bits per heavy atom. The van der Waals surface area contributed by atoms with E-state index in [9.17, 15) is 0 Å². The molecule has 0 saturated heterocycles. The van der Waals surface area contributed by atoms with E-state index in [1.165, 1.54) is 0 Å². The summed E-state index contributed by atoms with van der Waals surface area (Å²) in [6.45, 7) is 2.42. The number of rotatable bonds is 5. The fourth-order valence-electron chi connectivity index (χ4n) is 2.09. The van der Waals surface area contributed by atoms with Crippen LogP contribution in [0.1, 0.15) is 35.7 Å². The van der Waals surface area contributed by atoms with Crippen LogP contribution in [0, 0.1) is 6.92 Å². The number of halogens is 1. The van der Waals surface area contributed by atoms with Crippen molar-refractivity contribution in [2.75, 3.05) is 7.11 Å². The van der Waals surface area contributed by atoms with Crippen LogP contribution in [0.3, 0.4) is 0 Å². The van der Waals surface area contributed by atoms with Gasteiger partial charge in [0.2, 0.25) is 5.88 Å². The van der Waals surface area contributed by atoms with Gasteiger partial charge in [0, 0.05) is 18.6 Å². The molecular formula is C16H17ClN2O2. The minimum Gasteiger partial charge on any atom is -0.439 e. The summed E-state index contributed by atoms with van der Waals surface area (Å²) in [4.78, 5) is 8.86. The quantitative estimate of drug-likeness (QED) is 0.774. The van der Waals surface area contributed by atoms with E-state index >= 15 is 0 Å². The van der Waals surface area contributed by atoms with Gasteiger partial charge in [-0.1, -0.05) is 23.7 Å². The number of hydrogen-bond acceptors (Lipinski definition) is 4. The van der Waals surface area contributed by atoms with Gasteiger partial charge in [-0.15, -0.1) is 0 Å². The SMILES string of the molecule is COCc1cccc(Oc2nc(C3CC3)nc(Cl)c2C)c1. The Morgan fingerprint density at radius 3 is 2.81 bits per heavy atom. The van der Waals surface area contributed by atoms with E-state index in [-0.39, 0.29) is 0 Å². The second-order valence-corrected chi connectivity index (χ2v) is 5.62. The van der Waals surface area contributed by atoms with Gasteiger partial charge in [-0.25, -0.2) is 4.98 Å². The summed E-state index contributed by atoms with van der Waals surface area (Å²) in [6.07, 6.45) is 2.25. The fraction of sp³-hybridized carbons (Fsp3) is 0.375. The van der Waals surface area contributed by atoms with E-state index < -0.39 is 0 Å². The number of methoxy groups -OCH3 is 1. The van der Waals surface area contributed by atoms with Gasteiger partial charge in [0.25, 0.3) is 0 Å². The van der Waals surface area contributed by atoms with Crippen LogP contribution in [0.4, 0.5) is 0 Å². The Labute approximate surface area is 129 Å². The normalized spacial score (nSPS) is 14.2. The first-order valence-corrected chi connectivity index (χ1v) is 7.35. The van der Waals surface area contributed by atoms with Crippen molar-refractivity contribution in [2.45, 2.75) is 32.3 Å². The van der Waals surface area contributed by atoms with Crippen LogP contribution in [0.2, 0.25) is 5.15 Å². The van der Waals surface area contributed by atoms with Gasteiger partial charge in [-0.2, -0.15) is 4.98 Å². The standard InChI is InChI=1S/C16H17ClN2O2/c1-10-14(17)18-15(12-6-7-12)19-16(10)21-13-5-3-4-11(8-13)9-20-2/h3-5,8,12H,6-7,9H2,1-2H3. The number of hydrogen-bond donors (Lipinski definition) is 0. The number of nitrogens with zero attached hydrogens (tertiary/aromatic N) is 2. The van der Waals surface area contributed by atoms with Crippen molar-refractivity contribution in [3.63, 3.8) is 0 Å². The molecule has 0 spiro atoms. The lowest BCUT2D eigenvalue weighted by molar-refractivity contribution is 0.184. The van der Waals surface area contributed by atoms with E-state index in [0.717, 1.165) is 35.5 Å². The molecule has 1 heterocycles. The maximum Gasteiger partial charge on any atom is 0.226 e. The third-order valence-electron chi connectivity index (χ3n) is 3.43. The zero-order valence-electron chi connectivity index (χ0n) is 12.1. The van der Waals surface area contributed by atoms with Gasteiger partial charge < -0.3 is 9.47 Å². The Kier molecular flexibility index (Phi) is 4.08. The molecule has 1 aliphatic rings. The summed E-state index contributed by atoms with van der Waals surface area (Å²) in [6, 6.07) is 7.76. The predicted octanol–water partition coefficient (Wildman–Crippen LogP) is 4.25. The van der Waals surface area contributed by atoms with Gasteiger partial charge in [-0.05, 0) is 37.5 Å². The van der Waals surface area contributed by atoms with Crippen molar-refractivity contribution in [3.8, 4) is 11.6 Å². The smallest absolute Gasteiger partial charge is 0.226 e. The van der Waals surface area contributed by atoms with Crippen LogP contribution in [0.15, 0.2) is 24.3 Å². The minimum atomic E-state index is 0.435. The van der Waals surface area contributed by atoms with Gasteiger partial charge in [-0.3, -0.25) is 0 Å². The van der Waals surface area contributed by atoms with Gasteiger partial charge in [0.1, 0.15) is 16.7 Å². The Morgan fingerprint density at radius 2 is 2.10 bits per heavy atom. The first-order chi connectivity index (χ1) is 10.2. The molecule has 3 rings (SSSR count). The average Bonchev–Trinajstić information content (AvgIpc) is 3.29. The van der Waals surface area contributed by atoms with Crippen molar-refractivity contribution in [1.82, 2.24) is 9.97 Å². The highest BCUT2D eigenvalue weighted by atomic mass is 35.5. The molecule has 0 atom stereocenters. The molecule has 110 valence electrons. The predicted molar refractivity (Wildman–Crippen MR) is 81.0 cm³/mol. The molecule has 0 radical (unpaired) electrons. The molecule has 5 heteroatoms. The summed E-state index contributed by atoms with van der Waals surface area (Å²) in [5.74, 6) is 2.48. The van der Waals surface area contributed by atoms with Crippen LogP contribution < -0.4 is 4.74 Å². The molecule has 21 heavy (non-hydrogen) atoms. The molecule has 1 aromatic carbocycles. The van der Waals surface area contributed by atoms with Crippen molar-refractivity contribution in [1.29, 1.82) is 0 Å². The van der Waals surface area contributed by atoms with Crippen LogP contribution in [0.5, 0.6) is 11.6 Å². The van der Waals surface area contributed by atoms with Gasteiger partial charge >= 0.3 is 0 Å². The molecule has 0 N–H and O–H groups in total. The van der Waals surface area contributed by atoms with E-state index in [4.69, 9.17) is 21.1 Å². The van der Waals surface area contributed by atoms with Crippen molar-refractivity contribution in [3.05, 3.63) is 46.4 Å². The van der Waals surface area contributed by atoms with Gasteiger partial charge in [0.05, 0.1) is 6.61 Å². The zero-order valence-corrected chi connectivity index (χ0v) is 12.9. The Balaban J connectivity index is 1.88. The molecule has 1 saturated carbocycles. The van der Waals surface area contributed by atoms with Crippen LogP contribution in [-0.2, 0) is 11.3 Å². The molecule has 0 bridgehead atoms. The first-order valence-electron chi connectivity index (χ1n) is 6.97. The van der Waals surface area contributed by atoms with Crippen LogP contribution in [0.25, 0.3) is 0 Å². The van der Waals surface area contributed by atoms with Crippen LogP contribution in [-0.4, -0.2) is 17.1 Å². The van der Waals surface area contributed by atoms with Crippen LogP contribution >= 0.6 is 11.6 Å². The Bertz CT molecular complexity index is 657. The average molecular weight is 305 g/mol. The minimum absolute atomic E-state index is 0.435. The molecule has 2 aromatic rings. The number of benzene rings is 1. The molecule has 0 aliphatic heterocycles. The maximum absolute atomic E-state index is 6.19. The lowest BCUT2D eigenvalue weighted by atomic mass is 10.2. The topological polar surface area (TPSA) is 44.2 Å². The number of ether oxygens (including phenoxy) is 2. The lowest BCUT2D eigenvalue weighted by Gasteiger charge is -2.11. The summed E-state index contributed by atoms with van der Waals surface area (Å²) in [5, 5.41) is 0.468. The Hall–Kier alpha value is -1.65. The highest BCUT2D eigenvalue weighted by molar-refractivity contribution is 6.30. The van der Waals surface area contributed by atoms with Gasteiger partial charge in [0.15, 0.2) is 0 Å². The third-order valence-corrected chi connectivity index (χ3v) is 3.79. The van der Waals surface area contributed by atoms with E-state index in [1.54, 1.807) is 7.11 Å². The maximum atomic E-state index is 6.19. The monoisotopic (exact) mass is 304 g/mol. The third kappa shape index (κ3) is 3.34. The highest BCUT2D eigenvalue weighted by Gasteiger charge is 2.28. The summed E-state index contributed by atoms with van der Waals surface area (Å²) < 4.78 is 11.0. The summed E-state index contributed by atoms with van der Waals surface area (Å²) in [7, 11) is 1.67. The highest BCUT2D eigenvalue weighted by Crippen LogP contribution is 2.40. The molecular weight excluding hydrogens is 288 g/mol. The summed E-state index contributed by atoms with van der Waals surface area (Å²) >= 11 is 6.19. The largest absolute Gasteiger partial charge is 0.439 e. The number of aromatic nitrogens is 2. The van der Waals surface area contributed by atoms with E-state index in [2.05, 4.69) is 9.97 Å². The molecule has 1 aromatic heterocycles. The first kappa shape index (κ1) is 14.3.